The molecule has 0 fully saturated rings. The topological polar surface area (TPSA) is 17.1 Å². The van der Waals surface area contributed by atoms with Crippen LogP contribution in [0.5, 0.6) is 0 Å². The Morgan fingerprint density at radius 2 is 1.47 bits per heavy atom. The van der Waals surface area contributed by atoms with Crippen LogP contribution in [0.2, 0.25) is 0 Å². The second kappa shape index (κ2) is 10.1. The van der Waals surface area contributed by atoms with Crippen molar-refractivity contribution in [2.45, 2.75) is 40.0 Å². The molecule has 0 aliphatic carbocycles. The molecule has 0 aromatic heterocycles. The van der Waals surface area contributed by atoms with Crippen LogP contribution in [-0.2, 0) is 21.9 Å². The van der Waals surface area contributed by atoms with Gasteiger partial charge in [-0.05, 0) is 0 Å². The molecule has 85 valence electrons. The van der Waals surface area contributed by atoms with Crippen LogP contribution in [0.4, 0.5) is 0 Å². The molecule has 1 aromatic rings. The fraction of sp³-hybridized carbons (Fsp3) is 0.538. The van der Waals surface area contributed by atoms with Crippen LogP contribution in [0.3, 0.4) is 0 Å². The van der Waals surface area contributed by atoms with Crippen LogP contribution < -0.4 is 0 Å². The van der Waals surface area contributed by atoms with Gasteiger partial charge in [-0.1, -0.05) is 40.0 Å². The number of carbonyl (C=O) groups excluding carboxylic acids is 1. The molecule has 2 heteroatoms. The zero-order chi connectivity index (χ0) is 10.9. The molecule has 0 bridgehead atoms. The van der Waals surface area contributed by atoms with Gasteiger partial charge < -0.3 is 4.79 Å². The van der Waals surface area contributed by atoms with Gasteiger partial charge in [0, 0.05) is 0 Å². The van der Waals surface area contributed by atoms with Crippen LogP contribution in [0, 0.1) is 5.41 Å². The van der Waals surface area contributed by atoms with Crippen LogP contribution in [0.25, 0.3) is 0 Å². The molecule has 1 aromatic carbocycles. The zero-order valence-electron chi connectivity index (χ0n) is 9.79. The molecule has 1 radical (unpaired) electrons. The molecule has 0 unspecified atom stereocenters. The Morgan fingerprint density at radius 1 is 1.07 bits per heavy atom. The van der Waals surface area contributed by atoms with E-state index in [9.17, 15) is 4.79 Å². The predicted octanol–water partition coefficient (Wildman–Crippen LogP) is 3.72. The normalized spacial score (nSPS) is 9.53. The van der Waals surface area contributed by atoms with Gasteiger partial charge in [0.15, 0.2) is 0 Å². The maximum atomic E-state index is 10.4. The van der Waals surface area contributed by atoms with Crippen LogP contribution in [0.1, 0.15) is 40.0 Å². The van der Waals surface area contributed by atoms with Gasteiger partial charge in [-0.25, -0.2) is 12.1 Å². The van der Waals surface area contributed by atoms with Gasteiger partial charge in [0.05, 0.1) is 0 Å². The first-order chi connectivity index (χ1) is 6.74. The Hall–Kier alpha value is -0.461. The molecule has 0 saturated carbocycles. The van der Waals surface area contributed by atoms with E-state index in [0.717, 1.165) is 19.3 Å². The van der Waals surface area contributed by atoms with Crippen molar-refractivity contribution in [1.29, 1.82) is 0 Å². The predicted molar refractivity (Wildman–Crippen MR) is 61.0 cm³/mol. The molecule has 0 N–H and O–H groups in total. The summed E-state index contributed by atoms with van der Waals surface area (Å²) >= 11 is 0. The third-order valence-electron chi connectivity index (χ3n) is 2.80. The summed E-state index contributed by atoms with van der Waals surface area (Å²) in [6.45, 7) is 6.12. The van der Waals surface area contributed by atoms with Gasteiger partial charge in [-0.3, -0.25) is 6.29 Å². The van der Waals surface area contributed by atoms with Crippen molar-refractivity contribution in [1.82, 2.24) is 0 Å². The third-order valence-corrected chi connectivity index (χ3v) is 2.80. The second-order valence-electron chi connectivity index (χ2n) is 3.41. The van der Waals surface area contributed by atoms with E-state index in [4.69, 9.17) is 0 Å². The Kier molecular flexibility index (Phi) is 11.4. The Bertz CT molecular complexity index is 187. The molecular weight excluding hydrogens is 227 g/mol. The quantitative estimate of drug-likeness (QED) is 0.585. The molecule has 0 aliphatic heterocycles. The summed E-state index contributed by atoms with van der Waals surface area (Å²) in [4.78, 5) is 10.4. The summed E-state index contributed by atoms with van der Waals surface area (Å²) in [5.74, 6) is 0. The first-order valence-corrected chi connectivity index (χ1v) is 5.30. The summed E-state index contributed by atoms with van der Waals surface area (Å²) in [7, 11) is 0. The van der Waals surface area contributed by atoms with Crippen molar-refractivity contribution in [3.05, 3.63) is 30.3 Å². The molecule has 1 nitrogen and oxygen atoms in total. The molecule has 0 amide bonds. The summed E-state index contributed by atoms with van der Waals surface area (Å²) in [5.41, 5.74) is -0.139. The average Bonchev–Trinajstić information content (AvgIpc) is 2.80. The van der Waals surface area contributed by atoms with Gasteiger partial charge in [0.1, 0.15) is 0 Å². The van der Waals surface area contributed by atoms with E-state index in [0.29, 0.717) is 0 Å². The Balaban J connectivity index is 0. The number of hydrogen-bond donors (Lipinski definition) is 0. The van der Waals surface area contributed by atoms with Crippen molar-refractivity contribution < 1.29 is 21.9 Å². The van der Waals surface area contributed by atoms with Crippen molar-refractivity contribution in [3.63, 3.8) is 0 Å². The van der Waals surface area contributed by atoms with Crippen LogP contribution in [-0.4, -0.2) is 6.29 Å². The Labute approximate surface area is 104 Å². The summed E-state index contributed by atoms with van der Waals surface area (Å²) in [5, 5.41) is 0. The van der Waals surface area contributed by atoms with E-state index >= 15 is 0 Å². The van der Waals surface area contributed by atoms with Gasteiger partial charge >= 0.3 is 17.1 Å². The van der Waals surface area contributed by atoms with E-state index in [1.165, 1.54) is 0 Å². The van der Waals surface area contributed by atoms with Crippen molar-refractivity contribution in [2.24, 2.45) is 5.41 Å². The number of rotatable bonds is 4. The van der Waals surface area contributed by atoms with Crippen LogP contribution in [0.15, 0.2) is 30.3 Å². The van der Waals surface area contributed by atoms with Crippen molar-refractivity contribution in [2.75, 3.05) is 0 Å². The fourth-order valence-corrected chi connectivity index (χ4v) is 1.29. The molecule has 0 aliphatic rings. The van der Waals surface area contributed by atoms with E-state index in [1.54, 1.807) is 0 Å². The molecule has 0 spiro atoms. The minimum absolute atomic E-state index is 0. The molecule has 1 rings (SSSR count). The molecule has 15 heavy (non-hydrogen) atoms. The molecule has 0 saturated heterocycles. The first kappa shape index (κ1) is 17.0. The van der Waals surface area contributed by atoms with E-state index < -0.39 is 0 Å². The Morgan fingerprint density at radius 3 is 1.53 bits per heavy atom. The average molecular weight is 247 g/mol. The maximum Gasteiger partial charge on any atom is 2.00 e. The van der Waals surface area contributed by atoms with Gasteiger partial charge in [-0.2, -0.15) is 18.2 Å². The SMILES string of the molecule is CCC([C-]=O)(CC)CC.[Mn+2].c1cc[cH-]c1. The molecule has 0 heterocycles. The minimum Gasteiger partial charge on any atom is -0.541 e. The van der Waals surface area contributed by atoms with Crippen LogP contribution >= 0.6 is 0 Å². The molecular formula is C13H20MnO. The zero-order valence-corrected chi connectivity index (χ0v) is 11.0. The summed E-state index contributed by atoms with van der Waals surface area (Å²) in [6.07, 6.45) is 4.88. The number of hydrogen-bond acceptors (Lipinski definition) is 1. The third kappa shape index (κ3) is 6.59. The molecule has 0 atom stereocenters. The van der Waals surface area contributed by atoms with Gasteiger partial charge in [-0.15, -0.1) is 5.41 Å². The van der Waals surface area contributed by atoms with Gasteiger partial charge in [0.25, 0.3) is 0 Å². The summed E-state index contributed by atoms with van der Waals surface area (Å²) < 4.78 is 0. The van der Waals surface area contributed by atoms with Gasteiger partial charge in [0.2, 0.25) is 0 Å². The van der Waals surface area contributed by atoms with Crippen molar-refractivity contribution >= 4 is 6.29 Å². The maximum absolute atomic E-state index is 10.4. The monoisotopic (exact) mass is 247 g/mol. The minimum atomic E-state index is -0.139. The fourth-order valence-electron chi connectivity index (χ4n) is 1.29. The van der Waals surface area contributed by atoms with E-state index in [2.05, 4.69) is 6.29 Å². The first-order valence-electron chi connectivity index (χ1n) is 5.30. The summed E-state index contributed by atoms with van der Waals surface area (Å²) in [6, 6.07) is 10.0. The second-order valence-corrected chi connectivity index (χ2v) is 3.41. The van der Waals surface area contributed by atoms with Crippen molar-refractivity contribution in [3.8, 4) is 0 Å². The smallest absolute Gasteiger partial charge is 0.541 e. The standard InChI is InChI=1S/C8H15O.C5H5.Mn/c1-4-8(5-2,6-3)7-9;1-2-4-5-3-1;/h4-6H2,1-3H3;1-5H;/q2*-1;+2. The largest absolute Gasteiger partial charge is 2.00 e. The van der Waals surface area contributed by atoms with E-state index in [-0.39, 0.29) is 22.5 Å². The van der Waals surface area contributed by atoms with E-state index in [1.807, 2.05) is 51.1 Å².